The first-order valence-electron chi connectivity index (χ1n) is 7.06. The van der Waals surface area contributed by atoms with E-state index in [1.54, 1.807) is 10.4 Å². The molecule has 1 unspecified atom stereocenters. The van der Waals surface area contributed by atoms with Crippen LogP contribution in [-0.4, -0.2) is 45.7 Å². The second kappa shape index (κ2) is 6.46. The van der Waals surface area contributed by atoms with Crippen LogP contribution in [0.5, 0.6) is 0 Å². The van der Waals surface area contributed by atoms with Crippen molar-refractivity contribution in [3.05, 3.63) is 29.8 Å². The molecule has 0 aromatic heterocycles. The SMILES string of the molecule is CN(CC1CCCN(S(C)(=O)=O)C1)c1cccc(C#N)c1. The van der Waals surface area contributed by atoms with Crippen LogP contribution in [0.3, 0.4) is 0 Å². The number of sulfonamides is 1. The summed E-state index contributed by atoms with van der Waals surface area (Å²) in [6.45, 7) is 2.00. The Labute approximate surface area is 126 Å². The lowest BCUT2D eigenvalue weighted by Gasteiger charge is -2.33. The van der Waals surface area contributed by atoms with Crippen molar-refractivity contribution < 1.29 is 8.42 Å². The predicted octanol–water partition coefficient (Wildman–Crippen LogP) is 1.67. The van der Waals surface area contributed by atoms with Crippen LogP contribution in [0.1, 0.15) is 18.4 Å². The van der Waals surface area contributed by atoms with Crippen LogP contribution in [-0.2, 0) is 10.0 Å². The van der Waals surface area contributed by atoms with Crippen LogP contribution in [0.2, 0.25) is 0 Å². The van der Waals surface area contributed by atoms with Gasteiger partial charge in [0.15, 0.2) is 0 Å². The Morgan fingerprint density at radius 3 is 2.90 bits per heavy atom. The molecule has 1 aliphatic heterocycles. The fourth-order valence-corrected chi connectivity index (χ4v) is 3.73. The van der Waals surface area contributed by atoms with E-state index in [-0.39, 0.29) is 0 Å². The number of hydrogen-bond donors (Lipinski definition) is 0. The van der Waals surface area contributed by atoms with E-state index in [9.17, 15) is 8.42 Å². The molecule has 1 atom stereocenters. The van der Waals surface area contributed by atoms with Gasteiger partial charge in [0.05, 0.1) is 17.9 Å². The highest BCUT2D eigenvalue weighted by Gasteiger charge is 2.26. The van der Waals surface area contributed by atoms with Crippen molar-refractivity contribution in [1.29, 1.82) is 5.26 Å². The molecule has 6 heteroatoms. The first-order valence-corrected chi connectivity index (χ1v) is 8.91. The van der Waals surface area contributed by atoms with E-state index in [2.05, 4.69) is 11.0 Å². The van der Waals surface area contributed by atoms with E-state index in [0.29, 0.717) is 24.6 Å². The minimum absolute atomic E-state index is 0.323. The summed E-state index contributed by atoms with van der Waals surface area (Å²) < 4.78 is 24.9. The lowest BCUT2D eigenvalue weighted by Crippen LogP contribution is -2.42. The average Bonchev–Trinajstić information content (AvgIpc) is 2.46. The van der Waals surface area contributed by atoms with Gasteiger partial charge in [-0.25, -0.2) is 12.7 Å². The monoisotopic (exact) mass is 307 g/mol. The summed E-state index contributed by atoms with van der Waals surface area (Å²) in [4.78, 5) is 2.09. The first-order chi connectivity index (χ1) is 9.90. The van der Waals surface area contributed by atoms with Gasteiger partial charge in [-0.3, -0.25) is 0 Å². The number of rotatable bonds is 4. The summed E-state index contributed by atoms with van der Waals surface area (Å²) in [6, 6.07) is 9.62. The molecule has 0 aliphatic carbocycles. The maximum absolute atomic E-state index is 11.6. The van der Waals surface area contributed by atoms with Crippen molar-refractivity contribution >= 4 is 15.7 Å². The van der Waals surface area contributed by atoms with E-state index in [1.807, 2.05) is 25.2 Å². The van der Waals surface area contributed by atoms with E-state index in [1.165, 1.54) is 6.26 Å². The number of hydrogen-bond acceptors (Lipinski definition) is 4. The molecule has 0 spiro atoms. The van der Waals surface area contributed by atoms with Crippen molar-refractivity contribution in [2.75, 3.05) is 37.8 Å². The van der Waals surface area contributed by atoms with Crippen LogP contribution in [0.15, 0.2) is 24.3 Å². The van der Waals surface area contributed by atoms with E-state index in [0.717, 1.165) is 25.1 Å². The molecular weight excluding hydrogens is 286 g/mol. The number of piperidine rings is 1. The zero-order valence-corrected chi connectivity index (χ0v) is 13.3. The number of benzene rings is 1. The molecule has 5 nitrogen and oxygen atoms in total. The molecule has 0 N–H and O–H groups in total. The van der Waals surface area contributed by atoms with E-state index >= 15 is 0 Å². The largest absolute Gasteiger partial charge is 0.374 e. The van der Waals surface area contributed by atoms with Gasteiger partial charge < -0.3 is 4.90 Å². The van der Waals surface area contributed by atoms with E-state index < -0.39 is 10.0 Å². The van der Waals surface area contributed by atoms with E-state index in [4.69, 9.17) is 5.26 Å². The smallest absolute Gasteiger partial charge is 0.211 e. The topological polar surface area (TPSA) is 64.4 Å². The van der Waals surface area contributed by atoms with Crippen LogP contribution >= 0.6 is 0 Å². The summed E-state index contributed by atoms with van der Waals surface area (Å²) in [5.41, 5.74) is 1.63. The van der Waals surface area contributed by atoms with Crippen LogP contribution in [0.4, 0.5) is 5.69 Å². The fourth-order valence-electron chi connectivity index (χ4n) is 2.78. The highest BCUT2D eigenvalue weighted by Crippen LogP contribution is 2.22. The summed E-state index contributed by atoms with van der Waals surface area (Å²) >= 11 is 0. The van der Waals surface area contributed by atoms with Gasteiger partial charge >= 0.3 is 0 Å². The Kier molecular flexibility index (Phi) is 4.86. The molecule has 0 bridgehead atoms. The van der Waals surface area contributed by atoms with Gasteiger partial charge in [-0.1, -0.05) is 6.07 Å². The normalized spacial score (nSPS) is 20.0. The number of anilines is 1. The lowest BCUT2D eigenvalue weighted by molar-refractivity contribution is 0.271. The maximum atomic E-state index is 11.6. The molecule has 1 aromatic carbocycles. The van der Waals surface area contributed by atoms with Gasteiger partial charge in [0, 0.05) is 32.4 Å². The molecule has 1 fully saturated rings. The Morgan fingerprint density at radius 2 is 2.24 bits per heavy atom. The average molecular weight is 307 g/mol. The molecule has 1 aromatic rings. The second-order valence-electron chi connectivity index (χ2n) is 5.67. The molecule has 114 valence electrons. The first kappa shape index (κ1) is 15.8. The van der Waals surface area contributed by atoms with Gasteiger partial charge in [-0.05, 0) is 37.0 Å². The van der Waals surface area contributed by atoms with Crippen LogP contribution in [0.25, 0.3) is 0 Å². The maximum Gasteiger partial charge on any atom is 0.211 e. The van der Waals surface area contributed by atoms with Crippen molar-refractivity contribution in [1.82, 2.24) is 4.31 Å². The Hall–Kier alpha value is -1.58. The zero-order valence-electron chi connectivity index (χ0n) is 12.5. The molecule has 0 radical (unpaired) electrons. The third-order valence-electron chi connectivity index (χ3n) is 3.90. The highest BCUT2D eigenvalue weighted by molar-refractivity contribution is 7.88. The summed E-state index contributed by atoms with van der Waals surface area (Å²) in [7, 11) is -1.12. The third kappa shape index (κ3) is 4.19. The molecule has 21 heavy (non-hydrogen) atoms. The van der Waals surface area contributed by atoms with Gasteiger partial charge in [-0.15, -0.1) is 0 Å². The number of nitriles is 1. The predicted molar refractivity (Wildman–Crippen MR) is 83.6 cm³/mol. The number of nitrogens with zero attached hydrogens (tertiary/aromatic N) is 3. The van der Waals surface area contributed by atoms with Gasteiger partial charge in [0.1, 0.15) is 0 Å². The van der Waals surface area contributed by atoms with Crippen molar-refractivity contribution in [3.8, 4) is 6.07 Å². The molecule has 1 aliphatic rings. The van der Waals surface area contributed by atoms with Gasteiger partial charge in [-0.2, -0.15) is 5.26 Å². The standard InChI is InChI=1S/C15H21N3O2S/c1-17(15-7-3-5-13(9-15)10-16)11-14-6-4-8-18(12-14)21(2,19)20/h3,5,7,9,14H,4,6,8,11-12H2,1-2H3. The molecule has 0 saturated carbocycles. The van der Waals surface area contributed by atoms with Crippen LogP contribution < -0.4 is 4.90 Å². The fraction of sp³-hybridized carbons (Fsp3) is 0.533. The highest BCUT2D eigenvalue weighted by atomic mass is 32.2. The molecular formula is C15H21N3O2S. The molecule has 1 saturated heterocycles. The molecule has 0 amide bonds. The quantitative estimate of drug-likeness (QED) is 0.849. The zero-order chi connectivity index (χ0) is 15.5. The van der Waals surface area contributed by atoms with Crippen molar-refractivity contribution in [3.63, 3.8) is 0 Å². The molecule has 2 rings (SSSR count). The Bertz CT molecular complexity index is 637. The van der Waals surface area contributed by atoms with Gasteiger partial charge in [0.2, 0.25) is 10.0 Å². The van der Waals surface area contributed by atoms with Crippen LogP contribution in [0, 0.1) is 17.2 Å². The summed E-state index contributed by atoms with van der Waals surface area (Å²) in [5.74, 6) is 0.323. The second-order valence-corrected chi connectivity index (χ2v) is 7.65. The Balaban J connectivity index is 2.02. The minimum atomic E-state index is -3.10. The summed E-state index contributed by atoms with van der Waals surface area (Å²) in [5, 5.41) is 8.95. The minimum Gasteiger partial charge on any atom is -0.374 e. The Morgan fingerprint density at radius 1 is 1.48 bits per heavy atom. The van der Waals surface area contributed by atoms with Crippen molar-refractivity contribution in [2.24, 2.45) is 5.92 Å². The van der Waals surface area contributed by atoms with Crippen molar-refractivity contribution in [2.45, 2.75) is 12.8 Å². The lowest BCUT2D eigenvalue weighted by atomic mass is 9.99. The van der Waals surface area contributed by atoms with Gasteiger partial charge in [0.25, 0.3) is 0 Å². The summed E-state index contributed by atoms with van der Waals surface area (Å²) in [6.07, 6.45) is 3.22. The molecule has 1 heterocycles. The third-order valence-corrected chi connectivity index (χ3v) is 5.17.